The molecule has 3 aromatic carbocycles. The lowest BCUT2D eigenvalue weighted by molar-refractivity contribution is 0.108. The molecule has 0 bridgehead atoms. The summed E-state index contributed by atoms with van der Waals surface area (Å²) in [6.07, 6.45) is 10.9. The van der Waals surface area contributed by atoms with Crippen molar-refractivity contribution in [1.82, 2.24) is 20.2 Å². The Balaban J connectivity index is 0.00000166. The molecular weight excluding hydrogens is 591 g/mol. The predicted octanol–water partition coefficient (Wildman–Crippen LogP) is 6.31. The van der Waals surface area contributed by atoms with E-state index < -0.39 is 23.0 Å². The molecule has 1 aromatic heterocycles. The van der Waals surface area contributed by atoms with Gasteiger partial charge in [-0.25, -0.2) is 13.2 Å². The molecule has 4 aliphatic heterocycles. The number of benzene rings is 3. The van der Waals surface area contributed by atoms with Crippen LogP contribution in [0.1, 0.15) is 57.1 Å². The third kappa shape index (κ3) is 4.75. The highest BCUT2D eigenvalue weighted by Gasteiger charge is 2.45. The number of fused-ring (bicyclic) bond motifs is 4. The number of nitrogens with one attached hydrogen (secondary N) is 1. The summed E-state index contributed by atoms with van der Waals surface area (Å²) in [7, 11) is 0. The van der Waals surface area contributed by atoms with Crippen LogP contribution in [0.2, 0.25) is 0 Å². The quantitative estimate of drug-likeness (QED) is 0.256. The number of aryl methyl sites for hydroxylation is 1. The fourth-order valence-electron chi connectivity index (χ4n) is 8.12. The number of terminal acetylenes is 1. The zero-order valence-electron chi connectivity index (χ0n) is 26.2. The number of hydrogen-bond donors (Lipinski definition) is 2. The van der Waals surface area contributed by atoms with Gasteiger partial charge < -0.3 is 20.1 Å². The van der Waals surface area contributed by atoms with Gasteiger partial charge in [-0.1, -0.05) is 25.8 Å². The van der Waals surface area contributed by atoms with E-state index in [1.165, 1.54) is 24.3 Å². The Kier molecular flexibility index (Phi) is 7.94. The summed E-state index contributed by atoms with van der Waals surface area (Å²) in [5.74, 6) is 0.185. The molecule has 1 atom stereocenters. The lowest BCUT2D eigenvalue weighted by atomic mass is 9.90. The monoisotopic (exact) mass is 629 g/mol. The highest BCUT2D eigenvalue weighted by atomic mass is 19.1. The van der Waals surface area contributed by atoms with Gasteiger partial charge in [-0.15, -0.1) is 6.42 Å². The highest BCUT2D eigenvalue weighted by Crippen LogP contribution is 2.45. The molecule has 3 saturated heterocycles. The second-order valence-corrected chi connectivity index (χ2v) is 12.5. The van der Waals surface area contributed by atoms with E-state index >= 15 is 8.78 Å². The van der Waals surface area contributed by atoms with Gasteiger partial charge >= 0.3 is 6.01 Å². The maximum absolute atomic E-state index is 17.0. The molecule has 8 rings (SSSR count). The number of ether oxygens (including phenoxy) is 1. The number of aromatic nitrogens is 2. The van der Waals surface area contributed by atoms with E-state index in [1.54, 1.807) is 0 Å². The van der Waals surface area contributed by atoms with E-state index in [0.29, 0.717) is 61.2 Å². The second-order valence-electron chi connectivity index (χ2n) is 12.5. The van der Waals surface area contributed by atoms with Gasteiger partial charge in [0.1, 0.15) is 35.3 Å². The third-order valence-electron chi connectivity index (χ3n) is 10.2. The van der Waals surface area contributed by atoms with Crippen LogP contribution in [0.4, 0.5) is 19.0 Å². The SMILES string of the molecule is C#Cc1c(F)ccc2cc(O)cc(-c3c(F)c4c5c(nc(OCC67CCCN6CCC7)nc5c3F)N3CCNCC3CC4)c12.CC. The van der Waals surface area contributed by atoms with Crippen molar-refractivity contribution in [2.75, 3.05) is 44.2 Å². The van der Waals surface area contributed by atoms with Crippen LogP contribution in [0.25, 0.3) is 32.8 Å². The third-order valence-corrected chi connectivity index (χ3v) is 10.2. The van der Waals surface area contributed by atoms with Crippen molar-refractivity contribution in [3.8, 4) is 35.2 Å². The number of halogens is 3. The molecule has 4 aliphatic rings. The van der Waals surface area contributed by atoms with Crippen LogP contribution in [0, 0.1) is 29.8 Å². The fourth-order valence-corrected chi connectivity index (χ4v) is 8.12. The van der Waals surface area contributed by atoms with Crippen LogP contribution >= 0.6 is 0 Å². The van der Waals surface area contributed by atoms with Gasteiger partial charge in [-0.2, -0.15) is 9.97 Å². The minimum atomic E-state index is -0.927. The van der Waals surface area contributed by atoms with Crippen LogP contribution in [-0.4, -0.2) is 70.9 Å². The first-order valence-electron chi connectivity index (χ1n) is 16.4. The molecule has 0 saturated carbocycles. The average molecular weight is 630 g/mol. The highest BCUT2D eigenvalue weighted by molar-refractivity contribution is 6.05. The maximum atomic E-state index is 17.0. The van der Waals surface area contributed by atoms with Crippen LogP contribution in [0.3, 0.4) is 0 Å². The number of phenolic OH excluding ortho intramolecular Hbond substituents is 1. The van der Waals surface area contributed by atoms with Gasteiger partial charge in [0.15, 0.2) is 5.82 Å². The summed E-state index contributed by atoms with van der Waals surface area (Å²) in [6.45, 7) is 8.49. The van der Waals surface area contributed by atoms with E-state index in [2.05, 4.69) is 26.0 Å². The van der Waals surface area contributed by atoms with Gasteiger partial charge in [0.2, 0.25) is 0 Å². The molecular formula is C36H38F3N5O2. The predicted molar refractivity (Wildman–Crippen MR) is 174 cm³/mol. The van der Waals surface area contributed by atoms with Crippen molar-refractivity contribution in [2.45, 2.75) is 64.0 Å². The summed E-state index contributed by atoms with van der Waals surface area (Å²) in [4.78, 5) is 14.0. The van der Waals surface area contributed by atoms with Crippen LogP contribution < -0.4 is 15.0 Å². The van der Waals surface area contributed by atoms with E-state index in [-0.39, 0.29) is 45.4 Å². The molecule has 0 amide bonds. The summed E-state index contributed by atoms with van der Waals surface area (Å²) in [5.41, 5.74) is -0.400. The van der Waals surface area contributed by atoms with Crippen molar-refractivity contribution in [2.24, 2.45) is 0 Å². The standard InChI is InChI=1S/C34H32F3N5O2.C2H6/c1-2-22-25(35)8-5-19-15-21(43)16-24(26(19)22)27-29(36)23-7-6-20-17-38-11-14-42(20)32-28(23)31(30(27)37)39-33(40-32)44-18-34-9-3-12-41(34)13-4-10-34;1-2/h1,5,8,15-16,20,38,43H,3-4,6-7,9-14,17-18H2;1-2H3. The smallest absolute Gasteiger partial charge is 0.319 e. The zero-order chi connectivity index (χ0) is 32.2. The Bertz CT molecular complexity index is 1880. The number of nitrogens with zero attached hydrogens (tertiary/aromatic N) is 4. The van der Waals surface area contributed by atoms with E-state index in [4.69, 9.17) is 16.1 Å². The molecule has 46 heavy (non-hydrogen) atoms. The summed E-state index contributed by atoms with van der Waals surface area (Å²) < 4.78 is 55.0. The van der Waals surface area contributed by atoms with Gasteiger partial charge in [-0.05, 0) is 75.2 Å². The van der Waals surface area contributed by atoms with E-state index in [9.17, 15) is 9.50 Å². The Morgan fingerprint density at radius 3 is 2.61 bits per heavy atom. The van der Waals surface area contributed by atoms with Gasteiger partial charge in [0.05, 0.1) is 22.1 Å². The van der Waals surface area contributed by atoms with Crippen LogP contribution in [-0.2, 0) is 6.42 Å². The summed E-state index contributed by atoms with van der Waals surface area (Å²) in [5, 5.41) is 14.9. The van der Waals surface area contributed by atoms with Crippen LogP contribution in [0.15, 0.2) is 24.3 Å². The first-order valence-corrected chi connectivity index (χ1v) is 16.4. The molecule has 3 fully saturated rings. The Hall–Kier alpha value is -4.07. The summed E-state index contributed by atoms with van der Waals surface area (Å²) in [6, 6.07) is 5.34. The number of piperazine rings is 1. The number of aromatic hydroxyl groups is 1. The lowest BCUT2D eigenvalue weighted by Gasteiger charge is -2.36. The molecule has 2 N–H and O–H groups in total. The molecule has 7 nitrogen and oxygen atoms in total. The Labute approximate surface area is 266 Å². The average Bonchev–Trinajstić information content (AvgIpc) is 3.60. The van der Waals surface area contributed by atoms with Crippen molar-refractivity contribution >= 4 is 27.5 Å². The Morgan fingerprint density at radius 2 is 1.85 bits per heavy atom. The van der Waals surface area contributed by atoms with Crippen molar-refractivity contribution < 1.29 is 23.0 Å². The molecule has 0 spiro atoms. The topological polar surface area (TPSA) is 73.8 Å². The molecule has 1 unspecified atom stereocenters. The Morgan fingerprint density at radius 1 is 1.07 bits per heavy atom. The lowest BCUT2D eigenvalue weighted by Crippen LogP contribution is -2.51. The zero-order valence-corrected chi connectivity index (χ0v) is 26.2. The summed E-state index contributed by atoms with van der Waals surface area (Å²) >= 11 is 0. The number of rotatable bonds is 4. The first-order chi connectivity index (χ1) is 22.4. The van der Waals surface area contributed by atoms with E-state index in [1.807, 2.05) is 13.8 Å². The minimum Gasteiger partial charge on any atom is -0.508 e. The minimum absolute atomic E-state index is 0.0236. The van der Waals surface area contributed by atoms with Crippen LogP contribution in [0.5, 0.6) is 11.8 Å². The molecule has 10 heteroatoms. The van der Waals surface area contributed by atoms with Gasteiger partial charge in [0, 0.05) is 42.2 Å². The van der Waals surface area contributed by atoms with Gasteiger partial charge in [-0.3, -0.25) is 4.90 Å². The number of hydrogen-bond acceptors (Lipinski definition) is 7. The molecule has 5 heterocycles. The maximum Gasteiger partial charge on any atom is 0.319 e. The van der Waals surface area contributed by atoms with E-state index in [0.717, 1.165) is 38.8 Å². The molecule has 240 valence electrons. The number of phenols is 1. The fraction of sp³-hybridized carbons (Fsp3) is 0.444. The normalized spacial score (nSPS) is 20.1. The second kappa shape index (κ2) is 11.9. The molecule has 4 aromatic rings. The van der Waals surface area contributed by atoms with Crippen molar-refractivity contribution in [1.29, 1.82) is 0 Å². The largest absolute Gasteiger partial charge is 0.508 e. The molecule has 0 aliphatic carbocycles. The number of anilines is 1. The van der Waals surface area contributed by atoms with Crippen molar-refractivity contribution in [3.63, 3.8) is 0 Å². The molecule has 0 radical (unpaired) electrons. The van der Waals surface area contributed by atoms with Gasteiger partial charge in [0.25, 0.3) is 0 Å². The van der Waals surface area contributed by atoms with Crippen molar-refractivity contribution in [3.05, 3.63) is 52.8 Å². The first kappa shape index (κ1) is 30.6.